The molecule has 1 aromatic rings. The van der Waals surface area contributed by atoms with Gasteiger partial charge in [0.15, 0.2) is 0 Å². The van der Waals surface area contributed by atoms with Crippen LogP contribution in [-0.4, -0.2) is 36.5 Å². The molecule has 1 aliphatic rings. The molecule has 1 atom stereocenters. The van der Waals surface area contributed by atoms with Crippen LogP contribution in [-0.2, 0) is 11.3 Å². The number of hydrogen-bond donors (Lipinski definition) is 2. The van der Waals surface area contributed by atoms with Crippen molar-refractivity contribution in [3.63, 3.8) is 0 Å². The third kappa shape index (κ3) is 4.65. The Kier molecular flexibility index (Phi) is 5.36. The number of rotatable bonds is 7. The molecule has 1 unspecified atom stereocenters. The van der Waals surface area contributed by atoms with E-state index in [9.17, 15) is 4.79 Å². The van der Waals surface area contributed by atoms with Gasteiger partial charge in [-0.2, -0.15) is 0 Å². The Balaban J connectivity index is 1.89. The fourth-order valence-corrected chi connectivity index (χ4v) is 2.52. The minimum atomic E-state index is 0.184. The average Bonchev–Trinajstić information content (AvgIpc) is 2.82. The number of benzene rings is 1. The van der Waals surface area contributed by atoms with Crippen LogP contribution >= 0.6 is 0 Å². The molecule has 0 bridgehead atoms. The molecule has 0 aliphatic carbocycles. The van der Waals surface area contributed by atoms with Crippen molar-refractivity contribution in [1.82, 2.24) is 10.2 Å². The summed E-state index contributed by atoms with van der Waals surface area (Å²) < 4.78 is 0. The van der Waals surface area contributed by atoms with Crippen LogP contribution in [0.3, 0.4) is 0 Å². The maximum Gasteiger partial charge on any atom is 0.220 e. The topological polar surface area (TPSA) is 58.4 Å². The van der Waals surface area contributed by atoms with Crippen LogP contribution < -0.4 is 11.1 Å². The first kappa shape index (κ1) is 14.0. The summed E-state index contributed by atoms with van der Waals surface area (Å²) in [7, 11) is 0. The van der Waals surface area contributed by atoms with E-state index in [2.05, 4.69) is 34.5 Å². The fourth-order valence-electron chi connectivity index (χ4n) is 2.52. The maximum atomic E-state index is 11.3. The van der Waals surface area contributed by atoms with Gasteiger partial charge >= 0.3 is 0 Å². The van der Waals surface area contributed by atoms with E-state index in [4.69, 9.17) is 5.73 Å². The van der Waals surface area contributed by atoms with Crippen molar-refractivity contribution in [1.29, 1.82) is 0 Å². The first-order valence-corrected chi connectivity index (χ1v) is 7.03. The lowest BCUT2D eigenvalue weighted by Gasteiger charge is -2.25. The van der Waals surface area contributed by atoms with Gasteiger partial charge in [0, 0.05) is 25.6 Å². The Labute approximate surface area is 115 Å². The highest BCUT2D eigenvalue weighted by molar-refractivity contribution is 5.78. The molecule has 0 aromatic heterocycles. The van der Waals surface area contributed by atoms with Gasteiger partial charge in [-0.3, -0.25) is 9.69 Å². The van der Waals surface area contributed by atoms with Crippen LogP contribution in [0, 0.1) is 0 Å². The molecule has 1 saturated heterocycles. The second kappa shape index (κ2) is 7.26. The van der Waals surface area contributed by atoms with Gasteiger partial charge in [-0.25, -0.2) is 0 Å². The molecule has 0 spiro atoms. The maximum absolute atomic E-state index is 11.3. The van der Waals surface area contributed by atoms with Gasteiger partial charge < -0.3 is 11.1 Å². The molecule has 0 radical (unpaired) electrons. The minimum absolute atomic E-state index is 0.184. The first-order valence-electron chi connectivity index (χ1n) is 7.03. The van der Waals surface area contributed by atoms with Crippen molar-refractivity contribution in [2.24, 2.45) is 5.73 Å². The van der Waals surface area contributed by atoms with Gasteiger partial charge in [0.05, 0.1) is 0 Å². The van der Waals surface area contributed by atoms with Gasteiger partial charge in [-0.15, -0.1) is 0 Å². The van der Waals surface area contributed by atoms with Crippen molar-refractivity contribution in [2.45, 2.75) is 31.8 Å². The quantitative estimate of drug-likeness (QED) is 0.773. The predicted octanol–water partition coefficient (Wildman–Crippen LogP) is 1.12. The lowest BCUT2D eigenvalue weighted by molar-refractivity contribution is -0.119. The van der Waals surface area contributed by atoms with Crippen LogP contribution in [0.4, 0.5) is 0 Å². The summed E-state index contributed by atoms with van der Waals surface area (Å²) in [4.78, 5) is 13.6. The van der Waals surface area contributed by atoms with Gasteiger partial charge in [-0.1, -0.05) is 30.3 Å². The highest BCUT2D eigenvalue weighted by Crippen LogP contribution is 2.11. The van der Waals surface area contributed by atoms with E-state index in [-0.39, 0.29) is 5.91 Å². The average molecular weight is 261 g/mol. The number of nitrogens with zero attached hydrogens (tertiary/aromatic N) is 1. The van der Waals surface area contributed by atoms with Crippen molar-refractivity contribution in [3.8, 4) is 0 Å². The van der Waals surface area contributed by atoms with Crippen LogP contribution in [0.1, 0.15) is 24.8 Å². The molecule has 4 nitrogen and oxygen atoms in total. The molecule has 0 saturated carbocycles. The predicted molar refractivity (Wildman–Crippen MR) is 76.6 cm³/mol. The number of carbonyl (C=O) groups excluding carboxylic acids is 1. The van der Waals surface area contributed by atoms with Crippen LogP contribution in [0.2, 0.25) is 0 Å². The number of nitrogens with one attached hydrogen (secondary N) is 1. The molecule has 19 heavy (non-hydrogen) atoms. The molecule has 104 valence electrons. The van der Waals surface area contributed by atoms with Gasteiger partial charge in [0.2, 0.25) is 5.91 Å². The molecule has 4 heteroatoms. The van der Waals surface area contributed by atoms with Crippen LogP contribution in [0.5, 0.6) is 0 Å². The SMILES string of the molecule is NCCCN(Cc1ccccc1)CC1CCC(=O)N1. The minimum Gasteiger partial charge on any atom is -0.352 e. The second-order valence-corrected chi connectivity index (χ2v) is 5.17. The lowest BCUT2D eigenvalue weighted by Crippen LogP contribution is -2.39. The summed E-state index contributed by atoms with van der Waals surface area (Å²) in [5, 5.41) is 3.03. The van der Waals surface area contributed by atoms with E-state index in [1.54, 1.807) is 0 Å². The standard InChI is InChI=1S/C15H23N3O/c16-9-4-10-18(11-13-5-2-1-3-6-13)12-14-7-8-15(19)17-14/h1-3,5-6,14H,4,7-12,16H2,(H,17,19). The molecule has 1 aliphatic heterocycles. The Bertz CT molecular complexity index is 394. The smallest absolute Gasteiger partial charge is 0.220 e. The third-order valence-corrected chi connectivity index (χ3v) is 3.49. The van der Waals surface area contributed by atoms with Crippen LogP contribution in [0.25, 0.3) is 0 Å². The molecular formula is C15H23N3O. The zero-order valence-corrected chi connectivity index (χ0v) is 11.3. The molecule has 2 rings (SSSR count). The second-order valence-electron chi connectivity index (χ2n) is 5.17. The van der Waals surface area contributed by atoms with E-state index in [0.717, 1.165) is 32.5 Å². The highest BCUT2D eigenvalue weighted by Gasteiger charge is 2.22. The largest absolute Gasteiger partial charge is 0.352 e. The molecule has 1 fully saturated rings. The van der Waals surface area contributed by atoms with E-state index in [0.29, 0.717) is 19.0 Å². The molecular weight excluding hydrogens is 238 g/mol. The van der Waals surface area contributed by atoms with Gasteiger partial charge in [0.1, 0.15) is 0 Å². The van der Waals surface area contributed by atoms with E-state index < -0.39 is 0 Å². The first-order chi connectivity index (χ1) is 9.28. The summed E-state index contributed by atoms with van der Waals surface area (Å²) in [5.74, 6) is 0.184. The molecule has 1 heterocycles. The monoisotopic (exact) mass is 261 g/mol. The summed E-state index contributed by atoms with van der Waals surface area (Å²) in [5.41, 5.74) is 6.91. The molecule has 3 N–H and O–H groups in total. The van der Waals surface area contributed by atoms with Crippen LogP contribution in [0.15, 0.2) is 30.3 Å². The van der Waals surface area contributed by atoms with E-state index in [1.165, 1.54) is 5.56 Å². The summed E-state index contributed by atoms with van der Waals surface area (Å²) in [6.45, 7) is 3.54. The number of amides is 1. The van der Waals surface area contributed by atoms with E-state index in [1.807, 2.05) is 6.07 Å². The lowest BCUT2D eigenvalue weighted by atomic mass is 10.1. The highest BCUT2D eigenvalue weighted by atomic mass is 16.1. The van der Waals surface area contributed by atoms with Gasteiger partial charge in [0.25, 0.3) is 0 Å². The Morgan fingerprint density at radius 3 is 2.74 bits per heavy atom. The molecule has 1 amide bonds. The summed E-state index contributed by atoms with van der Waals surface area (Å²) in [6, 6.07) is 10.7. The summed E-state index contributed by atoms with van der Waals surface area (Å²) in [6.07, 6.45) is 2.61. The van der Waals surface area contributed by atoms with E-state index >= 15 is 0 Å². The fraction of sp³-hybridized carbons (Fsp3) is 0.533. The zero-order chi connectivity index (χ0) is 13.5. The number of nitrogens with two attached hydrogens (primary N) is 1. The third-order valence-electron chi connectivity index (χ3n) is 3.49. The number of carbonyl (C=O) groups is 1. The zero-order valence-electron chi connectivity index (χ0n) is 11.3. The normalized spacial score (nSPS) is 18.8. The van der Waals surface area contributed by atoms with Crippen molar-refractivity contribution in [3.05, 3.63) is 35.9 Å². The van der Waals surface area contributed by atoms with Crippen molar-refractivity contribution in [2.75, 3.05) is 19.6 Å². The Morgan fingerprint density at radius 2 is 2.11 bits per heavy atom. The van der Waals surface area contributed by atoms with Gasteiger partial charge in [-0.05, 0) is 31.5 Å². The number of hydrogen-bond acceptors (Lipinski definition) is 3. The Morgan fingerprint density at radius 1 is 1.32 bits per heavy atom. The summed E-state index contributed by atoms with van der Waals surface area (Å²) >= 11 is 0. The van der Waals surface area contributed by atoms with Crippen molar-refractivity contribution < 1.29 is 4.79 Å². The molecule has 1 aromatic carbocycles. The van der Waals surface area contributed by atoms with Crippen molar-refractivity contribution >= 4 is 5.91 Å². The Hall–Kier alpha value is -1.39.